The fourth-order valence-electron chi connectivity index (χ4n) is 4.85. The SMILES string of the molecule is CC(C)(C)OC(=O)N1CC(Nc2ccc(Oc3csc4c3ccc3c4cnn3C3CCCCO3)cc2)C1. The zero-order valence-corrected chi connectivity index (χ0v) is 22.2. The van der Waals surface area contributed by atoms with Crippen LogP contribution in [0.3, 0.4) is 0 Å². The van der Waals surface area contributed by atoms with Gasteiger partial charge >= 0.3 is 6.09 Å². The molecule has 4 heterocycles. The zero-order valence-electron chi connectivity index (χ0n) is 21.4. The van der Waals surface area contributed by atoms with E-state index >= 15 is 0 Å². The van der Waals surface area contributed by atoms with Crippen LogP contribution in [-0.4, -0.2) is 52.1 Å². The van der Waals surface area contributed by atoms with Gasteiger partial charge < -0.3 is 24.4 Å². The Morgan fingerprint density at radius 1 is 1.11 bits per heavy atom. The second-order valence-corrected chi connectivity index (χ2v) is 11.6. The van der Waals surface area contributed by atoms with Crippen molar-refractivity contribution in [1.29, 1.82) is 0 Å². The molecule has 8 nitrogen and oxygen atoms in total. The lowest BCUT2D eigenvalue weighted by Gasteiger charge is -2.40. The third-order valence-corrected chi connectivity index (χ3v) is 7.70. The number of likely N-dealkylation sites (tertiary alicyclic amines) is 1. The van der Waals surface area contributed by atoms with Gasteiger partial charge in [0.2, 0.25) is 0 Å². The van der Waals surface area contributed by atoms with E-state index in [4.69, 9.17) is 14.2 Å². The van der Waals surface area contributed by atoms with Gasteiger partial charge in [0.05, 0.1) is 17.8 Å². The summed E-state index contributed by atoms with van der Waals surface area (Å²) in [6.45, 7) is 7.70. The number of thiophene rings is 1. The lowest BCUT2D eigenvalue weighted by atomic mass is 10.1. The van der Waals surface area contributed by atoms with Crippen LogP contribution in [0.1, 0.15) is 46.3 Å². The number of fused-ring (bicyclic) bond motifs is 3. The average molecular weight is 521 g/mol. The fourth-order valence-corrected chi connectivity index (χ4v) is 5.82. The van der Waals surface area contributed by atoms with Crippen LogP contribution in [0, 0.1) is 0 Å². The Labute approximate surface area is 220 Å². The van der Waals surface area contributed by atoms with Crippen LogP contribution in [0.25, 0.3) is 21.0 Å². The first kappa shape index (κ1) is 24.1. The van der Waals surface area contributed by atoms with Gasteiger partial charge in [0.1, 0.15) is 17.1 Å². The van der Waals surface area contributed by atoms with Crippen molar-refractivity contribution in [3.05, 3.63) is 48.0 Å². The zero-order chi connectivity index (χ0) is 25.6. The molecule has 37 heavy (non-hydrogen) atoms. The van der Waals surface area contributed by atoms with Gasteiger partial charge in [-0.15, -0.1) is 11.3 Å². The number of benzene rings is 2. The number of hydrogen-bond donors (Lipinski definition) is 1. The Morgan fingerprint density at radius 2 is 1.92 bits per heavy atom. The van der Waals surface area contributed by atoms with Crippen LogP contribution in [0.5, 0.6) is 11.5 Å². The first-order chi connectivity index (χ1) is 17.8. The Kier molecular flexibility index (Phi) is 6.20. The number of carbonyl (C=O) groups excluding carboxylic acids is 1. The van der Waals surface area contributed by atoms with Gasteiger partial charge in [-0.1, -0.05) is 0 Å². The van der Waals surface area contributed by atoms with Gasteiger partial charge in [0.15, 0.2) is 6.23 Å². The highest BCUT2D eigenvalue weighted by Gasteiger charge is 2.33. The van der Waals surface area contributed by atoms with Crippen molar-refractivity contribution in [3.8, 4) is 11.5 Å². The molecule has 1 atom stereocenters. The van der Waals surface area contributed by atoms with Gasteiger partial charge in [0, 0.05) is 46.2 Å². The summed E-state index contributed by atoms with van der Waals surface area (Å²) in [5.74, 6) is 1.62. The van der Waals surface area contributed by atoms with Crippen LogP contribution in [0.4, 0.5) is 10.5 Å². The molecule has 0 bridgehead atoms. The molecule has 4 aromatic rings. The molecule has 194 valence electrons. The van der Waals surface area contributed by atoms with Crippen LogP contribution >= 0.6 is 11.3 Å². The largest absolute Gasteiger partial charge is 0.456 e. The molecule has 2 aliphatic rings. The van der Waals surface area contributed by atoms with Gasteiger partial charge in [0.25, 0.3) is 0 Å². The summed E-state index contributed by atoms with van der Waals surface area (Å²) in [7, 11) is 0. The number of ether oxygens (including phenoxy) is 3. The van der Waals surface area contributed by atoms with E-state index in [1.54, 1.807) is 16.2 Å². The Morgan fingerprint density at radius 3 is 2.65 bits per heavy atom. The van der Waals surface area contributed by atoms with E-state index in [2.05, 4.69) is 27.9 Å². The molecule has 2 saturated heterocycles. The Hall–Kier alpha value is -3.30. The number of amides is 1. The van der Waals surface area contributed by atoms with E-state index in [-0.39, 0.29) is 18.4 Å². The average Bonchev–Trinajstić information content (AvgIpc) is 3.46. The van der Waals surface area contributed by atoms with Gasteiger partial charge in [-0.2, -0.15) is 5.10 Å². The molecule has 0 saturated carbocycles. The van der Waals surface area contributed by atoms with Crippen LogP contribution < -0.4 is 10.1 Å². The van der Waals surface area contributed by atoms with Crippen molar-refractivity contribution in [3.63, 3.8) is 0 Å². The minimum Gasteiger partial charge on any atom is -0.456 e. The van der Waals surface area contributed by atoms with E-state index < -0.39 is 5.60 Å². The van der Waals surface area contributed by atoms with E-state index in [0.29, 0.717) is 13.1 Å². The third kappa shape index (κ3) is 4.98. The molecule has 0 spiro atoms. The third-order valence-electron chi connectivity index (χ3n) is 6.69. The number of rotatable bonds is 5. The van der Waals surface area contributed by atoms with Crippen molar-refractivity contribution in [2.24, 2.45) is 0 Å². The summed E-state index contributed by atoms with van der Waals surface area (Å²) in [6.07, 6.45) is 5.00. The number of anilines is 1. The number of hydrogen-bond acceptors (Lipinski definition) is 7. The molecule has 2 aromatic carbocycles. The molecule has 9 heteroatoms. The molecule has 0 radical (unpaired) electrons. The van der Waals surface area contributed by atoms with Gasteiger partial charge in [-0.25, -0.2) is 9.48 Å². The maximum atomic E-state index is 12.1. The summed E-state index contributed by atoms with van der Waals surface area (Å²) in [4.78, 5) is 13.8. The van der Waals surface area contributed by atoms with Gasteiger partial charge in [-0.3, -0.25) is 0 Å². The molecule has 6 rings (SSSR count). The van der Waals surface area contributed by atoms with Crippen LogP contribution in [0.15, 0.2) is 48.0 Å². The normalized spacial score (nSPS) is 18.7. The molecular weight excluding hydrogens is 488 g/mol. The maximum Gasteiger partial charge on any atom is 0.410 e. The van der Waals surface area contributed by atoms with E-state index in [1.807, 2.05) is 55.9 Å². The Bertz CT molecular complexity index is 1410. The minimum atomic E-state index is -0.475. The molecule has 2 aromatic heterocycles. The first-order valence-electron chi connectivity index (χ1n) is 12.9. The number of carbonyl (C=O) groups is 1. The van der Waals surface area contributed by atoms with Crippen molar-refractivity contribution >= 4 is 44.1 Å². The van der Waals surface area contributed by atoms with E-state index in [9.17, 15) is 4.79 Å². The van der Waals surface area contributed by atoms with Crippen LogP contribution in [-0.2, 0) is 9.47 Å². The van der Waals surface area contributed by atoms with Crippen LogP contribution in [0.2, 0.25) is 0 Å². The van der Waals surface area contributed by atoms with E-state index in [1.165, 1.54) is 11.1 Å². The van der Waals surface area contributed by atoms with Crippen molar-refractivity contribution in [1.82, 2.24) is 14.7 Å². The highest BCUT2D eigenvalue weighted by atomic mass is 32.1. The summed E-state index contributed by atoms with van der Waals surface area (Å²) in [6, 6.07) is 12.4. The quantitative estimate of drug-likeness (QED) is 0.313. The molecule has 2 fully saturated rings. The smallest absolute Gasteiger partial charge is 0.410 e. The molecule has 2 aliphatic heterocycles. The molecule has 1 N–H and O–H groups in total. The molecule has 1 amide bonds. The van der Waals surface area contributed by atoms with Crippen molar-refractivity contribution < 1.29 is 19.0 Å². The summed E-state index contributed by atoms with van der Waals surface area (Å²) in [5, 5.41) is 12.4. The highest BCUT2D eigenvalue weighted by molar-refractivity contribution is 7.18. The fraction of sp³-hybridized carbons (Fsp3) is 0.429. The standard InChI is InChI=1S/C28H32N4O4S/c1-28(2,3)36-27(33)31-15-19(16-31)30-18-7-9-20(10-8-18)35-24-17-37-26-21(24)11-12-23-22(26)14-29-32(23)25-6-4-5-13-34-25/h7-12,14,17,19,25,30H,4-6,13,15-16H2,1-3H3. The second-order valence-electron chi connectivity index (χ2n) is 10.7. The molecular formula is C28H32N4O4S. The van der Waals surface area contributed by atoms with E-state index in [0.717, 1.165) is 52.9 Å². The topological polar surface area (TPSA) is 77.9 Å². The minimum absolute atomic E-state index is 0.0202. The van der Waals surface area contributed by atoms with Gasteiger partial charge in [-0.05, 0) is 76.4 Å². The van der Waals surface area contributed by atoms with Crippen molar-refractivity contribution in [2.45, 2.75) is 57.9 Å². The van der Waals surface area contributed by atoms with Crippen molar-refractivity contribution in [2.75, 3.05) is 25.0 Å². The second kappa shape index (κ2) is 9.54. The predicted octanol–water partition coefficient (Wildman–Crippen LogP) is 6.77. The molecule has 0 aliphatic carbocycles. The molecule has 1 unspecified atom stereocenters. The summed E-state index contributed by atoms with van der Waals surface area (Å²) < 4.78 is 20.8. The summed E-state index contributed by atoms with van der Waals surface area (Å²) in [5.41, 5.74) is 1.62. The lowest BCUT2D eigenvalue weighted by molar-refractivity contribution is -0.0366. The summed E-state index contributed by atoms with van der Waals surface area (Å²) >= 11 is 1.68. The predicted molar refractivity (Wildman–Crippen MR) is 146 cm³/mol. The first-order valence-corrected chi connectivity index (χ1v) is 13.7. The number of aromatic nitrogens is 2. The highest BCUT2D eigenvalue weighted by Crippen LogP contribution is 2.40. The Balaban J connectivity index is 1.10. The maximum absolute atomic E-state index is 12.1. The monoisotopic (exact) mass is 520 g/mol. The lowest BCUT2D eigenvalue weighted by Crippen LogP contribution is -2.57. The number of nitrogens with one attached hydrogen (secondary N) is 1. The number of nitrogens with zero attached hydrogens (tertiary/aromatic N) is 3.